The molecule has 6 heteroatoms. The highest BCUT2D eigenvalue weighted by Crippen LogP contribution is 2.16. The van der Waals surface area contributed by atoms with E-state index in [1.54, 1.807) is 6.07 Å². The Bertz CT molecular complexity index is 455. The first-order valence-electron chi connectivity index (χ1n) is 3.60. The Kier molecular flexibility index (Phi) is 3.23. The van der Waals surface area contributed by atoms with Crippen molar-refractivity contribution in [3.63, 3.8) is 0 Å². The minimum Gasteiger partial charge on any atom is -0.293 e. The van der Waals surface area contributed by atoms with Crippen LogP contribution in [0.15, 0.2) is 24.3 Å². The molecule has 14 heavy (non-hydrogen) atoms. The van der Waals surface area contributed by atoms with E-state index in [-0.39, 0.29) is 10.6 Å². The maximum atomic E-state index is 12.2. The van der Waals surface area contributed by atoms with E-state index in [4.69, 9.17) is 11.6 Å². The van der Waals surface area contributed by atoms with Crippen LogP contribution in [0.5, 0.6) is 0 Å². The molecule has 0 spiro atoms. The van der Waals surface area contributed by atoms with Crippen molar-refractivity contribution >= 4 is 27.6 Å². The van der Waals surface area contributed by atoms with E-state index >= 15 is 0 Å². The molecule has 0 aliphatic rings. The third-order valence-corrected chi connectivity index (χ3v) is 2.41. The average molecular weight is 237 g/mol. The average Bonchev–Trinajstić information content (AvgIpc) is 2.01. The molecule has 76 valence electrons. The lowest BCUT2D eigenvalue weighted by molar-refractivity contribution is 0.102. The van der Waals surface area contributed by atoms with Crippen molar-refractivity contribution < 1.29 is 17.1 Å². The van der Waals surface area contributed by atoms with Gasteiger partial charge in [0.25, 0.3) is 0 Å². The lowest BCUT2D eigenvalue weighted by Gasteiger charge is -1.99. The maximum absolute atomic E-state index is 12.2. The van der Waals surface area contributed by atoms with Crippen LogP contribution in [0.4, 0.5) is 3.89 Å². The Morgan fingerprint density at radius 2 is 1.93 bits per heavy atom. The number of Topliss-reactive ketones (excluding diaryl/α,β-unsaturated/α-hetero) is 1. The Morgan fingerprint density at radius 3 is 2.43 bits per heavy atom. The first-order valence-corrected chi connectivity index (χ1v) is 5.53. The molecule has 0 fully saturated rings. The van der Waals surface area contributed by atoms with E-state index in [2.05, 4.69) is 0 Å². The number of carbonyl (C=O) groups excluding carboxylic acids is 1. The lowest BCUT2D eigenvalue weighted by atomic mass is 10.1. The molecule has 0 bridgehead atoms. The monoisotopic (exact) mass is 236 g/mol. The summed E-state index contributed by atoms with van der Waals surface area (Å²) in [7, 11) is -4.80. The van der Waals surface area contributed by atoms with Gasteiger partial charge in [-0.05, 0) is 12.1 Å². The van der Waals surface area contributed by atoms with E-state index < -0.39 is 21.8 Å². The fourth-order valence-corrected chi connectivity index (χ4v) is 1.63. The van der Waals surface area contributed by atoms with Gasteiger partial charge in [0.2, 0.25) is 0 Å². The highest BCUT2D eigenvalue weighted by molar-refractivity contribution is 7.87. The summed E-state index contributed by atoms with van der Waals surface area (Å²) in [4.78, 5) is 11.2. The predicted molar refractivity (Wildman–Crippen MR) is 50.7 cm³/mol. The Balaban J connectivity index is 2.97. The second kappa shape index (κ2) is 4.06. The van der Waals surface area contributed by atoms with Crippen LogP contribution in [-0.2, 0) is 10.2 Å². The number of carbonyl (C=O) groups is 1. The zero-order valence-electron chi connectivity index (χ0n) is 6.91. The molecule has 0 saturated heterocycles. The Labute approximate surface area is 85.7 Å². The minimum atomic E-state index is -4.80. The fraction of sp³-hybridized carbons (Fsp3) is 0.125. The maximum Gasteiger partial charge on any atom is 0.309 e. The summed E-state index contributed by atoms with van der Waals surface area (Å²) >= 11 is 5.61. The molecule has 0 amide bonds. The van der Waals surface area contributed by atoms with Gasteiger partial charge in [-0.3, -0.25) is 4.79 Å². The normalized spacial score (nSPS) is 11.3. The zero-order chi connectivity index (χ0) is 10.8. The van der Waals surface area contributed by atoms with Gasteiger partial charge < -0.3 is 0 Å². The van der Waals surface area contributed by atoms with E-state index in [1.807, 2.05) is 0 Å². The second-order valence-electron chi connectivity index (χ2n) is 2.59. The van der Waals surface area contributed by atoms with Crippen LogP contribution in [0.1, 0.15) is 10.4 Å². The van der Waals surface area contributed by atoms with Crippen LogP contribution in [-0.4, -0.2) is 20.0 Å². The van der Waals surface area contributed by atoms with Crippen molar-refractivity contribution in [3.8, 4) is 0 Å². The largest absolute Gasteiger partial charge is 0.309 e. The van der Waals surface area contributed by atoms with Crippen LogP contribution in [0, 0.1) is 0 Å². The van der Waals surface area contributed by atoms with E-state index in [9.17, 15) is 17.1 Å². The number of hydrogen-bond donors (Lipinski definition) is 0. The second-order valence-corrected chi connectivity index (χ2v) is 4.36. The highest BCUT2D eigenvalue weighted by atomic mass is 35.5. The van der Waals surface area contributed by atoms with E-state index in [0.717, 1.165) is 0 Å². The predicted octanol–water partition coefficient (Wildman–Crippen LogP) is 1.82. The van der Waals surface area contributed by atoms with Crippen molar-refractivity contribution in [2.45, 2.75) is 0 Å². The molecule has 0 aromatic heterocycles. The number of ketones is 1. The minimum absolute atomic E-state index is 0.00962. The number of hydrogen-bond acceptors (Lipinski definition) is 3. The smallest absolute Gasteiger partial charge is 0.293 e. The molecule has 1 aromatic rings. The molecule has 1 rings (SSSR count). The van der Waals surface area contributed by atoms with Crippen LogP contribution in [0.2, 0.25) is 5.02 Å². The number of benzene rings is 1. The topological polar surface area (TPSA) is 51.2 Å². The molecule has 0 unspecified atom stereocenters. The van der Waals surface area contributed by atoms with Crippen LogP contribution in [0.3, 0.4) is 0 Å². The lowest BCUT2D eigenvalue weighted by Crippen LogP contribution is -2.12. The first-order chi connectivity index (χ1) is 6.40. The Hall–Kier alpha value is -0.940. The standard InChI is InChI=1S/C8H6ClFO3S/c9-7-4-2-1-3-6(7)8(11)5-14(10,12)13/h1-4H,5H2. The van der Waals surface area contributed by atoms with Gasteiger partial charge in [-0.1, -0.05) is 23.7 Å². The zero-order valence-corrected chi connectivity index (χ0v) is 8.48. The van der Waals surface area contributed by atoms with Crippen LogP contribution < -0.4 is 0 Å². The molecule has 0 aliphatic heterocycles. The summed E-state index contributed by atoms with van der Waals surface area (Å²) < 4.78 is 32.6. The van der Waals surface area contributed by atoms with Crippen molar-refractivity contribution in [2.24, 2.45) is 0 Å². The van der Waals surface area contributed by atoms with Gasteiger partial charge in [-0.15, -0.1) is 3.89 Å². The van der Waals surface area contributed by atoms with Crippen molar-refractivity contribution in [2.75, 3.05) is 5.75 Å². The SMILES string of the molecule is O=C(CS(=O)(=O)F)c1ccccc1Cl. The molecule has 0 atom stereocenters. The molecule has 0 N–H and O–H groups in total. The van der Waals surface area contributed by atoms with E-state index in [0.29, 0.717) is 0 Å². The van der Waals surface area contributed by atoms with Gasteiger partial charge in [-0.25, -0.2) is 0 Å². The van der Waals surface area contributed by atoms with Gasteiger partial charge in [0.15, 0.2) is 5.78 Å². The molecule has 3 nitrogen and oxygen atoms in total. The molecule has 0 heterocycles. The molecule has 0 saturated carbocycles. The molecular weight excluding hydrogens is 231 g/mol. The first kappa shape index (κ1) is 11.1. The van der Waals surface area contributed by atoms with Crippen LogP contribution >= 0.6 is 11.6 Å². The van der Waals surface area contributed by atoms with Gasteiger partial charge in [0.1, 0.15) is 5.75 Å². The summed E-state index contributed by atoms with van der Waals surface area (Å²) in [6, 6.07) is 5.88. The summed E-state index contributed by atoms with van der Waals surface area (Å²) in [5.74, 6) is -2.02. The van der Waals surface area contributed by atoms with Crippen molar-refractivity contribution in [1.82, 2.24) is 0 Å². The highest BCUT2D eigenvalue weighted by Gasteiger charge is 2.18. The third kappa shape index (κ3) is 3.08. The molecule has 1 aromatic carbocycles. The van der Waals surface area contributed by atoms with Gasteiger partial charge in [0.05, 0.1) is 5.02 Å². The van der Waals surface area contributed by atoms with Crippen LogP contribution in [0.25, 0.3) is 0 Å². The summed E-state index contributed by atoms with van der Waals surface area (Å²) in [5.41, 5.74) is 0.00962. The third-order valence-electron chi connectivity index (χ3n) is 1.48. The summed E-state index contributed by atoms with van der Waals surface area (Å²) in [6.45, 7) is 0. The number of rotatable bonds is 3. The number of halogens is 2. The molecule has 0 radical (unpaired) electrons. The molecular formula is C8H6ClFO3S. The van der Waals surface area contributed by atoms with Gasteiger partial charge >= 0.3 is 10.2 Å². The van der Waals surface area contributed by atoms with Crippen molar-refractivity contribution in [3.05, 3.63) is 34.9 Å². The van der Waals surface area contributed by atoms with Gasteiger partial charge in [-0.2, -0.15) is 8.42 Å². The summed E-state index contributed by atoms with van der Waals surface area (Å²) in [6.07, 6.45) is 0. The molecule has 0 aliphatic carbocycles. The fourth-order valence-electron chi connectivity index (χ4n) is 0.922. The van der Waals surface area contributed by atoms with E-state index in [1.165, 1.54) is 18.2 Å². The quantitative estimate of drug-likeness (QED) is 0.594. The van der Waals surface area contributed by atoms with Crippen molar-refractivity contribution in [1.29, 1.82) is 0 Å². The van der Waals surface area contributed by atoms with Gasteiger partial charge in [0, 0.05) is 5.56 Å². The summed E-state index contributed by atoms with van der Waals surface area (Å²) in [5, 5.41) is 0.112. The Morgan fingerprint density at radius 1 is 1.36 bits per heavy atom.